The topological polar surface area (TPSA) is 80.8 Å². The first-order chi connectivity index (χ1) is 10.9. The van der Waals surface area contributed by atoms with Crippen molar-refractivity contribution in [2.75, 3.05) is 26.3 Å². The van der Waals surface area contributed by atoms with Gasteiger partial charge in [0.05, 0.1) is 13.2 Å². The van der Waals surface area contributed by atoms with Gasteiger partial charge in [-0.3, -0.25) is 9.78 Å². The molecular formula is C16H23N3O4. The van der Waals surface area contributed by atoms with Gasteiger partial charge in [0, 0.05) is 31.0 Å². The maximum absolute atomic E-state index is 12.8. The first-order valence-corrected chi connectivity index (χ1v) is 7.63. The molecule has 0 radical (unpaired) electrons. The molecule has 0 aromatic carbocycles. The summed E-state index contributed by atoms with van der Waals surface area (Å²) in [6.45, 7) is 7.33. The number of carbonyl (C=O) groups excluding carboxylic acids is 2. The van der Waals surface area contributed by atoms with E-state index in [0.717, 1.165) is 0 Å². The molecule has 0 bridgehead atoms. The normalized spacial score (nSPS) is 16.6. The van der Waals surface area contributed by atoms with Crippen LogP contribution in [-0.4, -0.2) is 53.8 Å². The zero-order chi connectivity index (χ0) is 16.9. The SMILES string of the molecule is CC(C)(C)OC(=O)NC(C(=O)N1CCOCC1)c1cccnc1. The number of hydrogen-bond donors (Lipinski definition) is 1. The van der Waals surface area contributed by atoms with Crippen molar-refractivity contribution in [3.63, 3.8) is 0 Å². The lowest BCUT2D eigenvalue weighted by Gasteiger charge is -2.31. The van der Waals surface area contributed by atoms with E-state index >= 15 is 0 Å². The van der Waals surface area contributed by atoms with Gasteiger partial charge in [0.1, 0.15) is 11.6 Å². The Kier molecular flexibility index (Phi) is 5.54. The number of rotatable bonds is 3. The van der Waals surface area contributed by atoms with Crippen LogP contribution in [-0.2, 0) is 14.3 Å². The molecule has 1 unspecified atom stereocenters. The number of amides is 2. The Balaban J connectivity index is 2.15. The molecule has 7 nitrogen and oxygen atoms in total. The van der Waals surface area contributed by atoms with Gasteiger partial charge < -0.3 is 19.7 Å². The van der Waals surface area contributed by atoms with Gasteiger partial charge in [0.15, 0.2) is 0 Å². The van der Waals surface area contributed by atoms with E-state index < -0.39 is 17.7 Å². The fraction of sp³-hybridized carbons (Fsp3) is 0.562. The van der Waals surface area contributed by atoms with Crippen LogP contribution in [0, 0.1) is 0 Å². The van der Waals surface area contributed by atoms with Crippen molar-refractivity contribution in [1.29, 1.82) is 0 Å². The quantitative estimate of drug-likeness (QED) is 0.912. The number of nitrogens with one attached hydrogen (secondary N) is 1. The van der Waals surface area contributed by atoms with Crippen LogP contribution in [0.4, 0.5) is 4.79 Å². The summed E-state index contributed by atoms with van der Waals surface area (Å²) in [5.41, 5.74) is -0.0131. The molecule has 0 spiro atoms. The van der Waals surface area contributed by atoms with Gasteiger partial charge in [-0.15, -0.1) is 0 Å². The molecule has 1 aromatic rings. The third-order valence-corrected chi connectivity index (χ3v) is 3.25. The van der Waals surface area contributed by atoms with Crippen LogP contribution < -0.4 is 5.32 Å². The number of carbonyl (C=O) groups is 2. The number of alkyl carbamates (subject to hydrolysis) is 1. The first-order valence-electron chi connectivity index (χ1n) is 7.63. The van der Waals surface area contributed by atoms with Crippen molar-refractivity contribution in [2.45, 2.75) is 32.4 Å². The Bertz CT molecular complexity index is 536. The monoisotopic (exact) mass is 321 g/mol. The lowest BCUT2D eigenvalue weighted by atomic mass is 10.1. The summed E-state index contributed by atoms with van der Waals surface area (Å²) in [6, 6.07) is 2.66. The van der Waals surface area contributed by atoms with Gasteiger partial charge in [-0.2, -0.15) is 0 Å². The second-order valence-electron chi connectivity index (χ2n) is 6.30. The summed E-state index contributed by atoms with van der Waals surface area (Å²) in [5.74, 6) is -0.188. The van der Waals surface area contributed by atoms with Crippen LogP contribution in [0.15, 0.2) is 24.5 Å². The number of nitrogens with zero attached hydrogens (tertiary/aromatic N) is 2. The molecule has 23 heavy (non-hydrogen) atoms. The van der Waals surface area contributed by atoms with E-state index in [9.17, 15) is 9.59 Å². The first kappa shape index (κ1) is 17.2. The Morgan fingerprint density at radius 1 is 1.35 bits per heavy atom. The van der Waals surface area contributed by atoms with Crippen molar-refractivity contribution >= 4 is 12.0 Å². The van der Waals surface area contributed by atoms with Crippen molar-refractivity contribution < 1.29 is 19.1 Å². The predicted molar refractivity (Wildman–Crippen MR) is 83.7 cm³/mol. The Labute approximate surface area is 136 Å². The molecule has 2 heterocycles. The average molecular weight is 321 g/mol. The maximum atomic E-state index is 12.8. The molecule has 2 amide bonds. The fourth-order valence-corrected chi connectivity index (χ4v) is 2.23. The average Bonchev–Trinajstić information content (AvgIpc) is 2.52. The molecule has 1 fully saturated rings. The summed E-state index contributed by atoms with van der Waals surface area (Å²) in [6.07, 6.45) is 2.56. The number of hydrogen-bond acceptors (Lipinski definition) is 5. The summed E-state index contributed by atoms with van der Waals surface area (Å²) in [5, 5.41) is 2.65. The van der Waals surface area contributed by atoms with Crippen molar-refractivity contribution in [1.82, 2.24) is 15.2 Å². The van der Waals surface area contributed by atoms with E-state index in [2.05, 4.69) is 10.3 Å². The van der Waals surface area contributed by atoms with E-state index in [1.807, 2.05) is 0 Å². The highest BCUT2D eigenvalue weighted by Gasteiger charge is 2.30. The summed E-state index contributed by atoms with van der Waals surface area (Å²) in [7, 11) is 0. The van der Waals surface area contributed by atoms with E-state index in [4.69, 9.17) is 9.47 Å². The van der Waals surface area contributed by atoms with E-state index in [1.54, 1.807) is 50.2 Å². The number of pyridine rings is 1. The van der Waals surface area contributed by atoms with E-state index in [1.165, 1.54) is 0 Å². The van der Waals surface area contributed by atoms with E-state index in [0.29, 0.717) is 31.9 Å². The van der Waals surface area contributed by atoms with Gasteiger partial charge in [0.25, 0.3) is 0 Å². The summed E-state index contributed by atoms with van der Waals surface area (Å²) >= 11 is 0. The number of morpholine rings is 1. The Morgan fingerprint density at radius 2 is 2.04 bits per heavy atom. The van der Waals surface area contributed by atoms with Crippen molar-refractivity contribution in [2.24, 2.45) is 0 Å². The molecule has 0 saturated carbocycles. The molecule has 1 aromatic heterocycles. The van der Waals surface area contributed by atoms with Gasteiger partial charge in [-0.25, -0.2) is 4.79 Å². The van der Waals surface area contributed by atoms with Crippen LogP contribution in [0.25, 0.3) is 0 Å². The van der Waals surface area contributed by atoms with Gasteiger partial charge >= 0.3 is 6.09 Å². The minimum Gasteiger partial charge on any atom is -0.444 e. The standard InChI is InChI=1S/C16H23N3O4/c1-16(2,3)23-15(21)18-13(12-5-4-6-17-11-12)14(20)19-7-9-22-10-8-19/h4-6,11,13H,7-10H2,1-3H3,(H,18,21). The van der Waals surface area contributed by atoms with Crippen LogP contribution in [0.1, 0.15) is 32.4 Å². The molecule has 1 atom stereocenters. The minimum absolute atomic E-state index is 0.188. The smallest absolute Gasteiger partial charge is 0.408 e. The van der Waals surface area contributed by atoms with Gasteiger partial charge in [0.2, 0.25) is 5.91 Å². The highest BCUT2D eigenvalue weighted by molar-refractivity contribution is 5.87. The van der Waals surface area contributed by atoms with Crippen LogP contribution in [0.2, 0.25) is 0 Å². The second kappa shape index (κ2) is 7.41. The third kappa shape index (κ3) is 5.21. The minimum atomic E-state index is -0.823. The predicted octanol–water partition coefficient (Wildman–Crippen LogP) is 1.51. The second-order valence-corrected chi connectivity index (χ2v) is 6.30. The molecule has 7 heteroatoms. The van der Waals surface area contributed by atoms with Crippen LogP contribution in [0.3, 0.4) is 0 Å². The molecule has 2 rings (SSSR count). The lowest BCUT2D eigenvalue weighted by molar-refractivity contribution is -0.137. The van der Waals surface area contributed by atoms with Crippen LogP contribution in [0.5, 0.6) is 0 Å². The Hall–Kier alpha value is -2.15. The highest BCUT2D eigenvalue weighted by atomic mass is 16.6. The van der Waals surface area contributed by atoms with Crippen molar-refractivity contribution in [3.8, 4) is 0 Å². The lowest BCUT2D eigenvalue weighted by Crippen LogP contribution is -2.48. The molecule has 1 aliphatic rings. The largest absolute Gasteiger partial charge is 0.444 e. The summed E-state index contributed by atoms with van der Waals surface area (Å²) < 4.78 is 10.5. The molecular weight excluding hydrogens is 298 g/mol. The maximum Gasteiger partial charge on any atom is 0.408 e. The van der Waals surface area contributed by atoms with E-state index in [-0.39, 0.29) is 5.91 Å². The Morgan fingerprint density at radius 3 is 2.61 bits per heavy atom. The summed E-state index contributed by atoms with van der Waals surface area (Å²) in [4.78, 5) is 30.6. The number of ether oxygens (including phenoxy) is 2. The zero-order valence-corrected chi connectivity index (χ0v) is 13.7. The van der Waals surface area contributed by atoms with Crippen molar-refractivity contribution in [3.05, 3.63) is 30.1 Å². The van der Waals surface area contributed by atoms with Gasteiger partial charge in [-0.1, -0.05) is 6.07 Å². The third-order valence-electron chi connectivity index (χ3n) is 3.25. The fourth-order valence-electron chi connectivity index (χ4n) is 2.23. The molecule has 0 aliphatic carbocycles. The number of aromatic nitrogens is 1. The zero-order valence-electron chi connectivity index (χ0n) is 13.7. The van der Waals surface area contributed by atoms with Gasteiger partial charge in [-0.05, 0) is 26.8 Å². The molecule has 126 valence electrons. The molecule has 1 aliphatic heterocycles. The van der Waals surface area contributed by atoms with Crippen LogP contribution >= 0.6 is 0 Å². The molecule has 1 saturated heterocycles. The molecule has 1 N–H and O–H groups in total. The highest BCUT2D eigenvalue weighted by Crippen LogP contribution is 2.17.